The fourth-order valence-electron chi connectivity index (χ4n) is 1.88. The summed E-state index contributed by atoms with van der Waals surface area (Å²) >= 11 is 0. The highest BCUT2D eigenvalue weighted by Gasteiger charge is 2.08. The van der Waals surface area contributed by atoms with Gasteiger partial charge in [-0.3, -0.25) is 4.98 Å². The number of pyridine rings is 1. The molecule has 0 amide bonds. The summed E-state index contributed by atoms with van der Waals surface area (Å²) in [4.78, 5) is 6.45. The molecule has 0 aliphatic rings. The molecule has 0 aliphatic carbocycles. The summed E-state index contributed by atoms with van der Waals surface area (Å²) in [6.45, 7) is 6.42. The number of unbranched alkanes of at least 4 members (excludes halogenated alkanes) is 2. The first-order chi connectivity index (χ1) is 9.22. The maximum Gasteiger partial charge on any atom is 0.188 e. The van der Waals surface area contributed by atoms with E-state index in [0.717, 1.165) is 31.6 Å². The van der Waals surface area contributed by atoms with Crippen LogP contribution in [0.25, 0.3) is 0 Å². The minimum Gasteiger partial charge on any atom is -0.409 e. The van der Waals surface area contributed by atoms with Crippen LogP contribution in [0.3, 0.4) is 0 Å². The Bertz CT molecular complexity index is 398. The molecule has 1 aromatic heterocycles. The van der Waals surface area contributed by atoms with Gasteiger partial charge < -0.3 is 15.8 Å². The van der Waals surface area contributed by atoms with Crippen LogP contribution in [0.4, 0.5) is 5.69 Å². The fraction of sp³-hybridized carbons (Fsp3) is 0.571. The second-order valence-corrected chi connectivity index (χ2v) is 4.58. The van der Waals surface area contributed by atoms with E-state index in [1.165, 1.54) is 12.8 Å². The van der Waals surface area contributed by atoms with E-state index in [0.29, 0.717) is 5.69 Å². The topological polar surface area (TPSA) is 74.7 Å². The first-order valence-electron chi connectivity index (χ1n) is 6.91. The first-order valence-corrected chi connectivity index (χ1v) is 6.91. The van der Waals surface area contributed by atoms with Crippen LogP contribution in [0.15, 0.2) is 23.5 Å². The Labute approximate surface area is 115 Å². The molecule has 0 aliphatic heterocycles. The van der Waals surface area contributed by atoms with Gasteiger partial charge in [0.2, 0.25) is 0 Å². The lowest BCUT2D eigenvalue weighted by Crippen LogP contribution is -2.26. The molecule has 0 atom stereocenters. The molecule has 0 spiro atoms. The van der Waals surface area contributed by atoms with Crippen LogP contribution in [0, 0.1) is 0 Å². The van der Waals surface area contributed by atoms with Crippen molar-refractivity contribution >= 4 is 11.5 Å². The van der Waals surface area contributed by atoms with E-state index in [-0.39, 0.29) is 5.84 Å². The van der Waals surface area contributed by atoms with Crippen molar-refractivity contribution in [1.29, 1.82) is 0 Å². The summed E-state index contributed by atoms with van der Waals surface area (Å²) in [5.41, 5.74) is 7.18. The van der Waals surface area contributed by atoms with Gasteiger partial charge in [0.1, 0.15) is 5.69 Å². The summed E-state index contributed by atoms with van der Waals surface area (Å²) in [5, 5.41) is 11.7. The third-order valence-corrected chi connectivity index (χ3v) is 3.04. The van der Waals surface area contributed by atoms with Gasteiger partial charge in [-0.1, -0.05) is 31.8 Å². The Morgan fingerprint density at radius 2 is 1.95 bits per heavy atom. The van der Waals surface area contributed by atoms with Gasteiger partial charge in [0.15, 0.2) is 5.84 Å². The van der Waals surface area contributed by atoms with Crippen molar-refractivity contribution in [3.8, 4) is 0 Å². The number of hydrogen-bond acceptors (Lipinski definition) is 4. The second kappa shape index (κ2) is 8.34. The number of anilines is 1. The van der Waals surface area contributed by atoms with E-state index < -0.39 is 0 Å². The summed E-state index contributed by atoms with van der Waals surface area (Å²) in [6, 6.07) is 3.85. The molecule has 0 radical (unpaired) electrons. The minimum absolute atomic E-state index is 0.0489. The third-order valence-electron chi connectivity index (χ3n) is 3.04. The van der Waals surface area contributed by atoms with Gasteiger partial charge in [0, 0.05) is 25.0 Å². The number of nitrogens with zero attached hydrogens (tertiary/aromatic N) is 3. The SMILES string of the molecule is CCCCN(CCCC)c1ccnc(C(N)=NO)c1. The Morgan fingerprint density at radius 1 is 1.32 bits per heavy atom. The highest BCUT2D eigenvalue weighted by molar-refractivity contribution is 5.95. The average molecular weight is 264 g/mol. The zero-order valence-corrected chi connectivity index (χ0v) is 11.8. The number of hydrogen-bond donors (Lipinski definition) is 2. The average Bonchev–Trinajstić information content (AvgIpc) is 2.46. The van der Waals surface area contributed by atoms with E-state index in [1.54, 1.807) is 6.20 Å². The minimum atomic E-state index is 0.0489. The summed E-state index contributed by atoms with van der Waals surface area (Å²) < 4.78 is 0. The lowest BCUT2D eigenvalue weighted by molar-refractivity contribution is 0.318. The smallest absolute Gasteiger partial charge is 0.188 e. The van der Waals surface area contributed by atoms with Gasteiger partial charge in [-0.15, -0.1) is 0 Å². The molecule has 0 saturated carbocycles. The highest BCUT2D eigenvalue weighted by Crippen LogP contribution is 2.16. The van der Waals surface area contributed by atoms with Crippen LogP contribution in [-0.2, 0) is 0 Å². The highest BCUT2D eigenvalue weighted by atomic mass is 16.4. The van der Waals surface area contributed by atoms with Crippen molar-refractivity contribution in [1.82, 2.24) is 4.98 Å². The van der Waals surface area contributed by atoms with Crippen LogP contribution in [0.2, 0.25) is 0 Å². The van der Waals surface area contributed by atoms with Crippen LogP contribution in [0.1, 0.15) is 45.2 Å². The molecule has 1 aromatic rings. The summed E-state index contributed by atoms with van der Waals surface area (Å²) in [5.74, 6) is 0.0489. The van der Waals surface area contributed by atoms with E-state index in [4.69, 9.17) is 10.9 Å². The number of oxime groups is 1. The fourth-order valence-corrected chi connectivity index (χ4v) is 1.88. The molecule has 0 saturated heterocycles. The van der Waals surface area contributed by atoms with Crippen LogP contribution in [0.5, 0.6) is 0 Å². The molecule has 1 rings (SSSR count). The first kappa shape index (κ1) is 15.3. The van der Waals surface area contributed by atoms with Gasteiger partial charge in [-0.2, -0.15) is 0 Å². The monoisotopic (exact) mass is 264 g/mol. The van der Waals surface area contributed by atoms with E-state index in [1.807, 2.05) is 12.1 Å². The molecule has 106 valence electrons. The van der Waals surface area contributed by atoms with Gasteiger partial charge in [-0.25, -0.2) is 0 Å². The number of rotatable bonds is 8. The molecule has 19 heavy (non-hydrogen) atoms. The molecular formula is C14H24N4O. The third kappa shape index (κ3) is 4.77. The zero-order valence-electron chi connectivity index (χ0n) is 11.8. The number of nitrogens with two attached hydrogens (primary N) is 1. The molecule has 0 fully saturated rings. The maximum atomic E-state index is 8.71. The number of amidine groups is 1. The lowest BCUT2D eigenvalue weighted by atomic mass is 10.2. The Morgan fingerprint density at radius 3 is 2.47 bits per heavy atom. The molecule has 3 N–H and O–H groups in total. The maximum absolute atomic E-state index is 8.71. The molecule has 0 unspecified atom stereocenters. The largest absolute Gasteiger partial charge is 0.409 e. The molecule has 0 aromatic carbocycles. The second-order valence-electron chi connectivity index (χ2n) is 4.58. The standard InChI is InChI=1S/C14H24N4O/c1-3-5-9-18(10-6-4-2)12-7-8-16-13(11-12)14(15)17-19/h7-8,11,19H,3-6,9-10H2,1-2H3,(H2,15,17). The molecule has 5 nitrogen and oxygen atoms in total. The predicted octanol–water partition coefficient (Wildman–Crippen LogP) is 2.58. The molecule has 0 bridgehead atoms. The quantitative estimate of drug-likeness (QED) is 0.327. The van der Waals surface area contributed by atoms with E-state index >= 15 is 0 Å². The van der Waals surface area contributed by atoms with Gasteiger partial charge in [0.25, 0.3) is 0 Å². The van der Waals surface area contributed by atoms with Crippen molar-refractivity contribution in [3.05, 3.63) is 24.0 Å². The molecular weight excluding hydrogens is 240 g/mol. The van der Waals surface area contributed by atoms with Gasteiger partial charge in [0.05, 0.1) is 0 Å². The van der Waals surface area contributed by atoms with Gasteiger partial charge >= 0.3 is 0 Å². The zero-order chi connectivity index (χ0) is 14.1. The predicted molar refractivity (Wildman–Crippen MR) is 78.8 cm³/mol. The lowest BCUT2D eigenvalue weighted by Gasteiger charge is -2.24. The van der Waals surface area contributed by atoms with Crippen LogP contribution >= 0.6 is 0 Å². The van der Waals surface area contributed by atoms with Crippen molar-refractivity contribution < 1.29 is 5.21 Å². The van der Waals surface area contributed by atoms with Crippen LogP contribution < -0.4 is 10.6 Å². The molecule has 1 heterocycles. The van der Waals surface area contributed by atoms with Crippen LogP contribution in [-0.4, -0.2) is 29.1 Å². The van der Waals surface area contributed by atoms with E-state index in [9.17, 15) is 0 Å². The normalized spacial score (nSPS) is 11.6. The van der Waals surface area contributed by atoms with Crippen molar-refractivity contribution in [3.63, 3.8) is 0 Å². The summed E-state index contributed by atoms with van der Waals surface area (Å²) in [7, 11) is 0. The Balaban J connectivity index is 2.87. The van der Waals surface area contributed by atoms with Crippen molar-refractivity contribution in [2.24, 2.45) is 10.9 Å². The molecule has 5 heteroatoms. The number of aromatic nitrogens is 1. The summed E-state index contributed by atoms with van der Waals surface area (Å²) in [6.07, 6.45) is 6.35. The van der Waals surface area contributed by atoms with Crippen molar-refractivity contribution in [2.45, 2.75) is 39.5 Å². The van der Waals surface area contributed by atoms with Gasteiger partial charge in [-0.05, 0) is 25.0 Å². The van der Waals surface area contributed by atoms with Crippen molar-refractivity contribution in [2.75, 3.05) is 18.0 Å². The Hall–Kier alpha value is -1.78. The Kier molecular flexibility index (Phi) is 6.71. The van der Waals surface area contributed by atoms with E-state index in [2.05, 4.69) is 28.9 Å².